The van der Waals surface area contributed by atoms with Gasteiger partial charge in [-0.2, -0.15) is 13.2 Å². The Bertz CT molecular complexity index is 815. The molecule has 0 spiro atoms. The summed E-state index contributed by atoms with van der Waals surface area (Å²) in [5, 5.41) is 2.20. The number of alkyl halides is 3. The molecule has 0 saturated heterocycles. The molecule has 0 aliphatic rings. The average Bonchev–Trinajstić information content (AvgIpc) is 2.89. The van der Waals surface area contributed by atoms with E-state index in [-0.39, 0.29) is 23.5 Å². The molecule has 134 valence electrons. The zero-order valence-corrected chi connectivity index (χ0v) is 12.9. The van der Waals surface area contributed by atoms with Crippen LogP contribution >= 0.6 is 0 Å². The maximum absolute atomic E-state index is 13.7. The molecule has 0 unspecified atom stereocenters. The van der Waals surface area contributed by atoms with E-state index in [0.29, 0.717) is 12.1 Å². The minimum Gasteiger partial charge on any atom is -0.462 e. The van der Waals surface area contributed by atoms with Crippen molar-refractivity contribution in [2.24, 2.45) is 5.73 Å². The first-order chi connectivity index (χ1) is 11.6. The number of nitrogens with zero attached hydrogens (tertiary/aromatic N) is 1. The Kier molecular flexibility index (Phi) is 5.00. The molecule has 2 amide bonds. The second-order valence-electron chi connectivity index (χ2n) is 4.86. The second-order valence-corrected chi connectivity index (χ2v) is 4.86. The van der Waals surface area contributed by atoms with Gasteiger partial charge in [0.05, 0.1) is 17.9 Å². The molecule has 1 aromatic carbocycles. The topological polar surface area (TPSA) is 86.3 Å². The van der Waals surface area contributed by atoms with Crippen LogP contribution in [0.3, 0.4) is 0 Å². The first-order valence-electron chi connectivity index (χ1n) is 6.96. The average molecular weight is 359 g/mol. The second kappa shape index (κ2) is 6.83. The lowest BCUT2D eigenvalue weighted by Gasteiger charge is -2.10. The van der Waals surface area contributed by atoms with Crippen molar-refractivity contribution in [2.75, 3.05) is 11.9 Å². The van der Waals surface area contributed by atoms with Crippen LogP contribution in [0.25, 0.3) is 5.69 Å². The molecule has 2 aromatic rings. The molecular formula is C15H13F4N3O3. The minimum atomic E-state index is -4.83. The maximum Gasteiger partial charge on any atom is 0.419 e. The first kappa shape index (κ1) is 18.3. The first-order valence-corrected chi connectivity index (χ1v) is 6.96. The molecule has 0 aliphatic carbocycles. The molecule has 3 N–H and O–H groups in total. The number of nitrogens with two attached hydrogens (primary N) is 1. The molecule has 10 heteroatoms. The van der Waals surface area contributed by atoms with Gasteiger partial charge in [0.15, 0.2) is 0 Å². The zero-order chi connectivity index (χ0) is 18.8. The van der Waals surface area contributed by atoms with E-state index in [0.717, 1.165) is 6.07 Å². The summed E-state index contributed by atoms with van der Waals surface area (Å²) < 4.78 is 57.5. The van der Waals surface area contributed by atoms with Gasteiger partial charge in [-0.25, -0.2) is 14.0 Å². The van der Waals surface area contributed by atoms with E-state index >= 15 is 0 Å². The van der Waals surface area contributed by atoms with Crippen molar-refractivity contribution in [3.8, 4) is 5.69 Å². The van der Waals surface area contributed by atoms with Gasteiger partial charge >= 0.3 is 18.2 Å². The number of ether oxygens (including phenoxy) is 1. The highest BCUT2D eigenvalue weighted by Gasteiger charge is 2.34. The normalized spacial score (nSPS) is 11.2. The van der Waals surface area contributed by atoms with E-state index in [9.17, 15) is 27.2 Å². The fourth-order valence-electron chi connectivity index (χ4n) is 2.10. The molecule has 0 radical (unpaired) electrons. The summed E-state index contributed by atoms with van der Waals surface area (Å²) in [6, 6.07) is 1.30. The smallest absolute Gasteiger partial charge is 0.419 e. The van der Waals surface area contributed by atoms with E-state index in [1.807, 2.05) is 0 Å². The maximum atomic E-state index is 13.7. The van der Waals surface area contributed by atoms with Crippen LogP contribution in [0.15, 0.2) is 30.6 Å². The summed E-state index contributed by atoms with van der Waals surface area (Å²) in [7, 11) is 0. The van der Waals surface area contributed by atoms with Crippen molar-refractivity contribution in [2.45, 2.75) is 13.1 Å². The van der Waals surface area contributed by atoms with Gasteiger partial charge in [0.2, 0.25) is 0 Å². The van der Waals surface area contributed by atoms with Gasteiger partial charge in [-0.1, -0.05) is 0 Å². The summed E-state index contributed by atoms with van der Waals surface area (Å²) >= 11 is 0. The standard InChI is InChI=1S/C15H13F4N3O3/c1-2-25-13(23)9-6-22(7-12(9)21-14(20)24)8-3-4-10(11(16)5-8)15(17,18)19/h3-7H,2H2,1H3,(H3,20,21,24). The number of rotatable bonds is 4. The van der Waals surface area contributed by atoms with Gasteiger partial charge in [-0.05, 0) is 25.1 Å². The Labute approximate surface area is 139 Å². The highest BCUT2D eigenvalue weighted by Crippen LogP contribution is 2.32. The minimum absolute atomic E-state index is 0.00793. The van der Waals surface area contributed by atoms with Gasteiger partial charge in [0.25, 0.3) is 0 Å². The lowest BCUT2D eigenvalue weighted by molar-refractivity contribution is -0.140. The number of carbonyl (C=O) groups is 2. The monoisotopic (exact) mass is 359 g/mol. The summed E-state index contributed by atoms with van der Waals surface area (Å²) in [5.41, 5.74) is 3.50. The molecule has 2 rings (SSSR count). The van der Waals surface area contributed by atoms with Crippen LogP contribution in [0.4, 0.5) is 28.0 Å². The number of anilines is 1. The number of hydrogen-bond acceptors (Lipinski definition) is 3. The van der Waals surface area contributed by atoms with Crippen LogP contribution in [-0.2, 0) is 10.9 Å². The summed E-state index contributed by atoms with van der Waals surface area (Å²) in [6.45, 7) is 1.64. The number of aromatic nitrogens is 1. The number of carbonyl (C=O) groups excluding carboxylic acids is 2. The van der Waals surface area contributed by atoms with Crippen LogP contribution in [0.1, 0.15) is 22.8 Å². The van der Waals surface area contributed by atoms with Crippen molar-refractivity contribution in [1.82, 2.24) is 4.57 Å². The van der Waals surface area contributed by atoms with Crippen molar-refractivity contribution in [1.29, 1.82) is 0 Å². The van der Waals surface area contributed by atoms with Gasteiger partial charge in [-0.15, -0.1) is 0 Å². The highest BCUT2D eigenvalue weighted by atomic mass is 19.4. The molecule has 25 heavy (non-hydrogen) atoms. The van der Waals surface area contributed by atoms with Gasteiger partial charge in [0.1, 0.15) is 11.4 Å². The third-order valence-electron chi connectivity index (χ3n) is 3.14. The fraction of sp³-hybridized carbons (Fsp3) is 0.200. The fourth-order valence-corrected chi connectivity index (χ4v) is 2.10. The van der Waals surface area contributed by atoms with Crippen molar-refractivity contribution >= 4 is 17.7 Å². The van der Waals surface area contributed by atoms with Crippen molar-refractivity contribution < 1.29 is 31.9 Å². The number of hydrogen-bond donors (Lipinski definition) is 2. The molecular weight excluding hydrogens is 346 g/mol. The zero-order valence-electron chi connectivity index (χ0n) is 12.9. The Morgan fingerprint density at radius 1 is 1.28 bits per heavy atom. The van der Waals surface area contributed by atoms with E-state index in [1.54, 1.807) is 6.92 Å². The quantitative estimate of drug-likeness (QED) is 0.649. The summed E-state index contributed by atoms with van der Waals surface area (Å²) in [5.74, 6) is -2.25. The van der Waals surface area contributed by atoms with Gasteiger partial charge < -0.3 is 20.4 Å². The van der Waals surface area contributed by atoms with Crippen LogP contribution < -0.4 is 11.1 Å². The lowest BCUT2D eigenvalue weighted by Crippen LogP contribution is -2.20. The predicted octanol–water partition coefficient (Wildman–Crippen LogP) is 3.30. The van der Waals surface area contributed by atoms with E-state index in [2.05, 4.69) is 5.32 Å². The number of halogens is 4. The molecule has 6 nitrogen and oxygen atoms in total. The van der Waals surface area contributed by atoms with E-state index in [1.165, 1.54) is 17.0 Å². The van der Waals surface area contributed by atoms with Crippen LogP contribution in [0.2, 0.25) is 0 Å². The largest absolute Gasteiger partial charge is 0.462 e. The molecule has 1 heterocycles. The SMILES string of the molecule is CCOC(=O)c1cn(-c2ccc(C(F)(F)F)c(F)c2)cc1NC(N)=O. The van der Waals surface area contributed by atoms with Crippen LogP contribution in [0, 0.1) is 5.82 Å². The van der Waals surface area contributed by atoms with E-state index in [4.69, 9.17) is 10.5 Å². The van der Waals surface area contributed by atoms with E-state index < -0.39 is 29.6 Å². The number of urea groups is 1. The van der Waals surface area contributed by atoms with Gasteiger partial charge in [-0.3, -0.25) is 0 Å². The Morgan fingerprint density at radius 3 is 2.48 bits per heavy atom. The Balaban J connectivity index is 2.47. The number of amides is 2. The van der Waals surface area contributed by atoms with Crippen molar-refractivity contribution in [3.05, 3.63) is 47.5 Å². The molecule has 0 atom stereocenters. The summed E-state index contributed by atoms with van der Waals surface area (Å²) in [6.07, 6.45) is -2.43. The number of nitrogens with one attached hydrogen (secondary N) is 1. The third kappa shape index (κ3) is 4.08. The summed E-state index contributed by atoms with van der Waals surface area (Å²) in [4.78, 5) is 22.9. The number of primary amides is 1. The Morgan fingerprint density at radius 2 is 1.96 bits per heavy atom. The van der Waals surface area contributed by atoms with Gasteiger partial charge in [0, 0.05) is 18.1 Å². The molecule has 0 fully saturated rings. The third-order valence-corrected chi connectivity index (χ3v) is 3.14. The van der Waals surface area contributed by atoms with Crippen LogP contribution in [0.5, 0.6) is 0 Å². The molecule has 1 aromatic heterocycles. The highest BCUT2D eigenvalue weighted by molar-refractivity contribution is 6.00. The predicted molar refractivity (Wildman–Crippen MR) is 79.9 cm³/mol. The molecule has 0 aliphatic heterocycles. The van der Waals surface area contributed by atoms with Crippen molar-refractivity contribution in [3.63, 3.8) is 0 Å². The number of benzene rings is 1. The molecule has 0 bridgehead atoms. The lowest BCUT2D eigenvalue weighted by atomic mass is 10.2. The number of esters is 1. The molecule has 0 saturated carbocycles. The Hall–Kier alpha value is -3.04. The van der Waals surface area contributed by atoms with Crippen LogP contribution in [-0.4, -0.2) is 23.2 Å².